The predicted octanol–water partition coefficient (Wildman–Crippen LogP) is 5.90. The van der Waals surface area contributed by atoms with Crippen LogP contribution in [0.3, 0.4) is 0 Å². The van der Waals surface area contributed by atoms with E-state index in [1.165, 1.54) is 0 Å². The Hall–Kier alpha value is -1.86. The van der Waals surface area contributed by atoms with Gasteiger partial charge in [-0.3, -0.25) is 9.79 Å². The number of aromatic hydroxyl groups is 1. The number of carbonyl (C=O) groups excluding carboxylic acids is 1. The molecule has 35 heavy (non-hydrogen) atoms. The number of aliphatic hydroxyl groups is 1. The Balaban J connectivity index is 0.00000612. The summed E-state index contributed by atoms with van der Waals surface area (Å²) >= 11 is 0. The molecule has 0 saturated carbocycles. The van der Waals surface area contributed by atoms with E-state index in [4.69, 9.17) is 0 Å². The van der Waals surface area contributed by atoms with Crippen molar-refractivity contribution in [1.29, 1.82) is 0 Å². The highest BCUT2D eigenvalue weighted by Gasteiger charge is 2.28. The first-order valence-corrected chi connectivity index (χ1v) is 12.5. The second kappa shape index (κ2) is 12.4. The Morgan fingerprint density at radius 1 is 1.03 bits per heavy atom. The van der Waals surface area contributed by atoms with Crippen LogP contribution in [-0.4, -0.2) is 32.2 Å². The average molecular weight is 553 g/mol. The van der Waals surface area contributed by atoms with Crippen LogP contribution in [0.5, 0.6) is 5.75 Å². The number of aliphatic hydroxyl groups excluding tert-OH is 1. The monoisotopic (exact) mass is 551 g/mol. The molecular formula is C28H46BrN3O3. The summed E-state index contributed by atoms with van der Waals surface area (Å²) in [5.74, 6) is 0.841. The molecule has 6 nitrogen and oxygen atoms in total. The smallest absolute Gasteiger partial charge is 0.205 e. The quantitative estimate of drug-likeness (QED) is 0.380. The van der Waals surface area contributed by atoms with Gasteiger partial charge >= 0.3 is 0 Å². The van der Waals surface area contributed by atoms with Gasteiger partial charge in [0.1, 0.15) is 5.75 Å². The number of phenols is 1. The zero-order chi connectivity index (χ0) is 25.8. The van der Waals surface area contributed by atoms with Gasteiger partial charge in [-0.2, -0.15) is 0 Å². The first-order chi connectivity index (χ1) is 15.8. The molecule has 0 aliphatic heterocycles. The molecule has 0 aliphatic rings. The van der Waals surface area contributed by atoms with E-state index in [2.05, 4.69) is 18.8 Å². The van der Waals surface area contributed by atoms with Gasteiger partial charge in [0.2, 0.25) is 5.62 Å². The third kappa shape index (κ3) is 7.32. The maximum absolute atomic E-state index is 13.5. The molecule has 0 spiro atoms. The minimum atomic E-state index is -0.306. The first-order valence-electron chi connectivity index (χ1n) is 12.5. The zero-order valence-electron chi connectivity index (χ0n) is 23.1. The van der Waals surface area contributed by atoms with Crippen molar-refractivity contribution in [1.82, 2.24) is 9.13 Å². The zero-order valence-corrected chi connectivity index (χ0v) is 24.8. The molecular weight excluding hydrogens is 506 g/mol. The Kier molecular flexibility index (Phi) is 11.0. The summed E-state index contributed by atoms with van der Waals surface area (Å²) in [4.78, 5) is 18.0. The standard InChI is InChI=1S/C28H45N3O3.BrH/c1-10-19(11-2)12-13-31-21(18-32)16-30(26(31)29-9)17-24(33)20-14-22(27(3,4)5)25(34)23(15-20)28(6,7)8;/h14-16,19,32,34H,10-13,17-18H2,1-9H3;1H. The number of hydrogen-bond acceptors (Lipinski definition) is 4. The summed E-state index contributed by atoms with van der Waals surface area (Å²) in [6.45, 7) is 17.4. The van der Waals surface area contributed by atoms with Crippen molar-refractivity contribution < 1.29 is 15.0 Å². The molecule has 198 valence electrons. The molecule has 0 saturated heterocycles. The summed E-state index contributed by atoms with van der Waals surface area (Å²) in [6.07, 6.45) is 5.09. The van der Waals surface area contributed by atoms with Crippen molar-refractivity contribution in [2.45, 2.75) is 105 Å². The molecule has 0 atom stereocenters. The average Bonchev–Trinajstić information content (AvgIpc) is 3.08. The van der Waals surface area contributed by atoms with E-state index in [-0.39, 0.29) is 52.5 Å². The molecule has 1 aromatic carbocycles. The Bertz CT molecular complexity index is 1030. The lowest BCUT2D eigenvalue weighted by Gasteiger charge is -2.28. The van der Waals surface area contributed by atoms with E-state index in [1.54, 1.807) is 7.05 Å². The van der Waals surface area contributed by atoms with Gasteiger partial charge in [0.05, 0.1) is 18.8 Å². The second-order valence-corrected chi connectivity index (χ2v) is 11.4. The van der Waals surface area contributed by atoms with Crippen LogP contribution < -0.4 is 5.62 Å². The molecule has 1 aromatic heterocycles. The summed E-state index contributed by atoms with van der Waals surface area (Å²) in [6, 6.07) is 3.65. The second-order valence-electron chi connectivity index (χ2n) is 11.4. The number of carbonyl (C=O) groups is 1. The van der Waals surface area contributed by atoms with E-state index in [0.717, 1.165) is 42.6 Å². The van der Waals surface area contributed by atoms with Crippen molar-refractivity contribution in [3.63, 3.8) is 0 Å². The molecule has 2 aromatic rings. The molecule has 0 aliphatic carbocycles. The van der Waals surface area contributed by atoms with E-state index < -0.39 is 0 Å². The Labute approximate surface area is 221 Å². The number of halogens is 1. The number of benzene rings is 1. The first kappa shape index (κ1) is 31.2. The summed E-state index contributed by atoms with van der Waals surface area (Å²) in [5, 5.41) is 21.0. The van der Waals surface area contributed by atoms with Gasteiger partial charge < -0.3 is 19.3 Å². The van der Waals surface area contributed by atoms with Crippen LogP contribution >= 0.6 is 17.0 Å². The third-order valence-electron chi connectivity index (χ3n) is 6.79. The molecule has 0 bridgehead atoms. The molecule has 0 fully saturated rings. The largest absolute Gasteiger partial charge is 0.507 e. The van der Waals surface area contributed by atoms with Crippen molar-refractivity contribution in [3.8, 4) is 5.75 Å². The summed E-state index contributed by atoms with van der Waals surface area (Å²) in [5.41, 5.74) is 2.96. The highest BCUT2D eigenvalue weighted by atomic mass is 79.9. The maximum atomic E-state index is 13.5. The van der Waals surface area contributed by atoms with E-state index in [1.807, 2.05) is 69.0 Å². The molecule has 0 amide bonds. The lowest BCUT2D eigenvalue weighted by molar-refractivity contribution is 0.0970. The van der Waals surface area contributed by atoms with Gasteiger partial charge in [0, 0.05) is 36.5 Å². The van der Waals surface area contributed by atoms with E-state index in [9.17, 15) is 15.0 Å². The third-order valence-corrected chi connectivity index (χ3v) is 6.79. The van der Waals surface area contributed by atoms with Crippen LogP contribution in [0.15, 0.2) is 23.3 Å². The number of nitrogens with zero attached hydrogens (tertiary/aromatic N) is 3. The number of ketones is 1. The molecule has 0 radical (unpaired) electrons. The van der Waals surface area contributed by atoms with Gasteiger partial charge in [0.15, 0.2) is 5.78 Å². The van der Waals surface area contributed by atoms with Gasteiger partial charge in [0.25, 0.3) is 0 Å². The SMILES string of the molecule is Br.CCC(CC)CCn1c(CO)cn(CC(=O)c2cc(C(C)(C)C)c(O)c(C(C)(C)C)c2)c1=NC. The van der Waals surface area contributed by atoms with Crippen LogP contribution in [-0.2, 0) is 30.5 Å². The predicted molar refractivity (Wildman–Crippen MR) is 149 cm³/mol. The lowest BCUT2D eigenvalue weighted by atomic mass is 9.78. The Morgan fingerprint density at radius 2 is 1.54 bits per heavy atom. The van der Waals surface area contributed by atoms with Crippen LogP contribution in [0.4, 0.5) is 0 Å². The molecule has 2 N–H and O–H groups in total. The highest BCUT2D eigenvalue weighted by Crippen LogP contribution is 2.39. The Morgan fingerprint density at radius 3 is 1.94 bits per heavy atom. The number of aromatic nitrogens is 2. The van der Waals surface area contributed by atoms with Gasteiger partial charge in [-0.25, -0.2) is 0 Å². The topological polar surface area (TPSA) is 79.8 Å². The minimum Gasteiger partial charge on any atom is -0.507 e. The fourth-order valence-electron chi connectivity index (χ4n) is 4.52. The minimum absolute atomic E-state index is 0. The van der Waals surface area contributed by atoms with Crippen molar-refractivity contribution in [3.05, 3.63) is 46.3 Å². The van der Waals surface area contributed by atoms with Crippen LogP contribution in [0, 0.1) is 5.92 Å². The summed E-state index contributed by atoms with van der Waals surface area (Å²) in [7, 11) is 1.72. The normalized spacial score (nSPS) is 12.8. The van der Waals surface area contributed by atoms with E-state index >= 15 is 0 Å². The fraction of sp³-hybridized carbons (Fsp3) is 0.643. The fourth-order valence-corrected chi connectivity index (χ4v) is 4.52. The van der Waals surface area contributed by atoms with Crippen molar-refractivity contribution in [2.75, 3.05) is 7.05 Å². The number of hydrogen-bond donors (Lipinski definition) is 2. The number of imidazole rings is 1. The molecule has 7 heteroatoms. The van der Waals surface area contributed by atoms with Crippen LogP contribution in [0.1, 0.15) is 102 Å². The molecule has 1 heterocycles. The van der Waals surface area contributed by atoms with Crippen molar-refractivity contribution >= 4 is 22.8 Å². The van der Waals surface area contributed by atoms with E-state index in [0.29, 0.717) is 17.1 Å². The van der Waals surface area contributed by atoms with Crippen LogP contribution in [0.25, 0.3) is 0 Å². The van der Waals surface area contributed by atoms with Crippen molar-refractivity contribution in [2.24, 2.45) is 10.9 Å². The van der Waals surface area contributed by atoms with Gasteiger partial charge in [-0.05, 0) is 35.3 Å². The molecule has 2 rings (SSSR count). The lowest BCUT2D eigenvalue weighted by Crippen LogP contribution is -2.30. The molecule has 0 unspecified atom stereocenters. The van der Waals surface area contributed by atoms with Gasteiger partial charge in [-0.1, -0.05) is 68.2 Å². The number of rotatable bonds is 9. The van der Waals surface area contributed by atoms with Gasteiger partial charge in [-0.15, -0.1) is 17.0 Å². The summed E-state index contributed by atoms with van der Waals surface area (Å²) < 4.78 is 3.87. The van der Waals surface area contributed by atoms with Crippen LogP contribution in [0.2, 0.25) is 0 Å². The number of phenolic OH excluding ortho intramolecular Hbond substituents is 1. The maximum Gasteiger partial charge on any atom is 0.205 e. The highest BCUT2D eigenvalue weighted by molar-refractivity contribution is 8.93. The number of Topliss-reactive ketones (excluding diaryl/α,β-unsaturated/α-hetero) is 1.